The molecular weight excluding hydrogens is 186 g/mol. The van der Waals surface area contributed by atoms with Crippen molar-refractivity contribution in [1.29, 1.82) is 0 Å². The number of aliphatic hydroxyl groups excluding tert-OH is 1. The molecule has 1 saturated heterocycles. The first-order valence-electron chi connectivity index (χ1n) is 4.98. The summed E-state index contributed by atoms with van der Waals surface area (Å²) in [5.74, 6) is 1.64. The van der Waals surface area contributed by atoms with Crippen molar-refractivity contribution in [3.05, 3.63) is 0 Å². The zero-order valence-corrected chi connectivity index (χ0v) is 8.98. The summed E-state index contributed by atoms with van der Waals surface area (Å²) in [5.41, 5.74) is 0. The van der Waals surface area contributed by atoms with E-state index in [0.29, 0.717) is 6.04 Å². The van der Waals surface area contributed by atoms with Crippen LogP contribution in [0.25, 0.3) is 0 Å². The maximum absolute atomic E-state index is 11.1. The lowest BCUT2D eigenvalue weighted by atomic mass is 10.1. The molecule has 3 nitrogen and oxygen atoms in total. The minimum Gasteiger partial charge on any atom is -0.395 e. The molecule has 0 aromatic carbocycles. The van der Waals surface area contributed by atoms with Crippen molar-refractivity contribution in [3.63, 3.8) is 0 Å². The fraction of sp³-hybridized carbons (Fsp3) is 1.00. The van der Waals surface area contributed by atoms with Gasteiger partial charge in [0.2, 0.25) is 0 Å². The molecule has 0 radical (unpaired) electrons. The van der Waals surface area contributed by atoms with Crippen LogP contribution >= 0.6 is 0 Å². The Hall–Kier alpha value is 0.0700. The molecule has 0 aromatic rings. The van der Waals surface area contributed by atoms with Crippen molar-refractivity contribution in [1.82, 2.24) is 5.32 Å². The van der Waals surface area contributed by atoms with Gasteiger partial charge >= 0.3 is 0 Å². The number of nitrogens with one attached hydrogen (secondary N) is 1. The molecule has 0 bridgehead atoms. The van der Waals surface area contributed by atoms with Gasteiger partial charge in [-0.25, -0.2) is 0 Å². The Morgan fingerprint density at radius 2 is 2.15 bits per heavy atom. The summed E-state index contributed by atoms with van der Waals surface area (Å²) in [7, 11) is -0.582. The lowest BCUT2D eigenvalue weighted by Gasteiger charge is -2.26. The second-order valence-corrected chi connectivity index (χ2v) is 5.27. The highest BCUT2D eigenvalue weighted by Crippen LogP contribution is 2.10. The van der Waals surface area contributed by atoms with Crippen LogP contribution in [0.3, 0.4) is 0 Å². The van der Waals surface area contributed by atoms with Crippen molar-refractivity contribution in [3.8, 4) is 0 Å². The fourth-order valence-electron chi connectivity index (χ4n) is 1.59. The largest absolute Gasteiger partial charge is 0.395 e. The molecule has 1 aliphatic heterocycles. The van der Waals surface area contributed by atoms with Gasteiger partial charge in [-0.15, -0.1) is 0 Å². The molecule has 1 fully saturated rings. The molecule has 1 atom stereocenters. The minimum absolute atomic E-state index is 0.204. The molecule has 0 saturated carbocycles. The van der Waals surface area contributed by atoms with E-state index in [1.807, 2.05) is 0 Å². The van der Waals surface area contributed by atoms with E-state index in [1.165, 1.54) is 0 Å². The van der Waals surface area contributed by atoms with E-state index in [1.54, 1.807) is 0 Å². The topological polar surface area (TPSA) is 49.3 Å². The van der Waals surface area contributed by atoms with Crippen LogP contribution < -0.4 is 5.32 Å². The van der Waals surface area contributed by atoms with E-state index >= 15 is 0 Å². The van der Waals surface area contributed by atoms with E-state index in [0.717, 1.165) is 30.8 Å². The Labute approximate surface area is 82.4 Å². The Kier molecular flexibility index (Phi) is 4.91. The molecule has 13 heavy (non-hydrogen) atoms. The fourth-order valence-corrected chi connectivity index (χ4v) is 2.89. The van der Waals surface area contributed by atoms with Crippen molar-refractivity contribution in [2.24, 2.45) is 0 Å². The summed E-state index contributed by atoms with van der Waals surface area (Å²) in [6.07, 6.45) is 2.93. The number of aliphatic hydroxyl groups is 1. The molecule has 4 heteroatoms. The monoisotopic (exact) mass is 205 g/mol. The summed E-state index contributed by atoms with van der Waals surface area (Å²) in [6.45, 7) is 2.27. The van der Waals surface area contributed by atoms with E-state index in [9.17, 15) is 4.21 Å². The van der Waals surface area contributed by atoms with Crippen molar-refractivity contribution >= 4 is 10.8 Å². The van der Waals surface area contributed by atoms with Gasteiger partial charge in [-0.05, 0) is 19.3 Å². The molecule has 1 rings (SSSR count). The van der Waals surface area contributed by atoms with Crippen LogP contribution in [0.5, 0.6) is 0 Å². The first kappa shape index (κ1) is 11.1. The van der Waals surface area contributed by atoms with Gasteiger partial charge < -0.3 is 10.4 Å². The van der Waals surface area contributed by atoms with Crippen LogP contribution in [0, 0.1) is 0 Å². The summed E-state index contributed by atoms with van der Waals surface area (Å²) in [6, 6.07) is 0.686. The van der Waals surface area contributed by atoms with E-state index in [-0.39, 0.29) is 12.6 Å². The third-order valence-electron chi connectivity index (χ3n) is 2.57. The average Bonchev–Trinajstić information content (AvgIpc) is 2.17. The van der Waals surface area contributed by atoms with Gasteiger partial charge in [0.1, 0.15) is 0 Å². The smallest absolute Gasteiger partial charge is 0.0584 e. The second kappa shape index (κ2) is 5.73. The van der Waals surface area contributed by atoms with Gasteiger partial charge in [0, 0.05) is 34.4 Å². The van der Waals surface area contributed by atoms with Crippen LogP contribution in [0.15, 0.2) is 0 Å². The van der Waals surface area contributed by atoms with E-state index < -0.39 is 10.8 Å². The third-order valence-corrected chi connectivity index (χ3v) is 3.95. The highest BCUT2D eigenvalue weighted by molar-refractivity contribution is 7.85. The molecule has 0 amide bonds. The first-order chi connectivity index (χ1) is 6.26. The molecule has 0 aliphatic carbocycles. The highest BCUT2D eigenvalue weighted by Gasteiger charge is 2.19. The molecule has 0 spiro atoms. The maximum atomic E-state index is 11.1. The van der Waals surface area contributed by atoms with Crippen molar-refractivity contribution < 1.29 is 9.32 Å². The zero-order valence-electron chi connectivity index (χ0n) is 8.16. The number of hydrogen-bond donors (Lipinski definition) is 2. The summed E-state index contributed by atoms with van der Waals surface area (Å²) in [5, 5.41) is 12.4. The minimum atomic E-state index is -0.582. The Bertz CT molecular complexity index is 161. The zero-order chi connectivity index (χ0) is 9.68. The number of hydrogen-bond acceptors (Lipinski definition) is 3. The van der Waals surface area contributed by atoms with Crippen LogP contribution in [0.4, 0.5) is 0 Å². The van der Waals surface area contributed by atoms with Gasteiger partial charge in [-0.3, -0.25) is 4.21 Å². The lowest BCUT2D eigenvalue weighted by molar-refractivity contribution is 0.224. The quantitative estimate of drug-likeness (QED) is 0.692. The first-order valence-corrected chi connectivity index (χ1v) is 6.47. The normalized spacial score (nSPS) is 31.5. The van der Waals surface area contributed by atoms with Gasteiger partial charge in [0.25, 0.3) is 0 Å². The predicted octanol–water partition coefficient (Wildman–Crippen LogP) is 0.258. The van der Waals surface area contributed by atoms with Crippen LogP contribution in [0.1, 0.15) is 26.2 Å². The molecule has 1 heterocycles. The Morgan fingerprint density at radius 1 is 1.54 bits per heavy atom. The Balaban J connectivity index is 2.24. The molecule has 2 N–H and O–H groups in total. The lowest BCUT2D eigenvalue weighted by Crippen LogP contribution is -2.43. The van der Waals surface area contributed by atoms with E-state index in [4.69, 9.17) is 5.11 Å². The summed E-state index contributed by atoms with van der Waals surface area (Å²) in [4.78, 5) is 0. The van der Waals surface area contributed by atoms with Crippen LogP contribution in [-0.2, 0) is 10.8 Å². The Morgan fingerprint density at radius 3 is 2.62 bits per heavy atom. The number of rotatable bonds is 4. The molecule has 78 valence electrons. The van der Waals surface area contributed by atoms with Crippen molar-refractivity contribution in [2.75, 3.05) is 18.1 Å². The van der Waals surface area contributed by atoms with Gasteiger partial charge in [0.05, 0.1) is 6.61 Å². The third kappa shape index (κ3) is 3.75. The van der Waals surface area contributed by atoms with Gasteiger partial charge in [0.15, 0.2) is 0 Å². The van der Waals surface area contributed by atoms with Crippen molar-refractivity contribution in [2.45, 2.75) is 38.3 Å². The second-order valence-electron chi connectivity index (χ2n) is 3.58. The summed E-state index contributed by atoms with van der Waals surface area (Å²) < 4.78 is 11.1. The molecule has 0 aromatic heterocycles. The molecular formula is C9H19NO2S. The van der Waals surface area contributed by atoms with Gasteiger partial charge in [-0.1, -0.05) is 6.92 Å². The maximum Gasteiger partial charge on any atom is 0.0584 e. The highest BCUT2D eigenvalue weighted by atomic mass is 32.2. The standard InChI is InChI=1S/C9H19NO2S/c1-2-8(7-11)10-9-3-5-13(12)6-4-9/h8-11H,2-7H2,1H3/t8-,9?,13?/m1/s1. The van der Waals surface area contributed by atoms with Crippen LogP contribution in [-0.4, -0.2) is 39.5 Å². The van der Waals surface area contributed by atoms with Gasteiger partial charge in [-0.2, -0.15) is 0 Å². The van der Waals surface area contributed by atoms with E-state index in [2.05, 4.69) is 12.2 Å². The molecule has 1 aliphatic rings. The van der Waals surface area contributed by atoms with Crippen LogP contribution in [0.2, 0.25) is 0 Å². The summed E-state index contributed by atoms with van der Waals surface area (Å²) >= 11 is 0. The predicted molar refractivity (Wildman–Crippen MR) is 55.2 cm³/mol. The molecule has 0 unspecified atom stereocenters. The average molecular weight is 205 g/mol. The SMILES string of the molecule is CC[C@H](CO)NC1CCS(=O)CC1.